The molecule has 0 saturated carbocycles. The second-order valence-corrected chi connectivity index (χ2v) is 6.12. The number of carbonyl (C=O) groups excluding carboxylic acids is 1. The van der Waals surface area contributed by atoms with Crippen molar-refractivity contribution in [2.75, 3.05) is 6.54 Å². The normalized spacial score (nSPS) is 12.1. The molecule has 1 rings (SSSR count). The summed E-state index contributed by atoms with van der Waals surface area (Å²) in [6.45, 7) is 11.2. The third-order valence-corrected chi connectivity index (χ3v) is 3.07. The number of aliphatic imine (C=N–C) groups is 1. The van der Waals surface area contributed by atoms with Crippen LogP contribution in [0.25, 0.3) is 0 Å². The van der Waals surface area contributed by atoms with Gasteiger partial charge >= 0.3 is 0 Å². The van der Waals surface area contributed by atoms with Crippen LogP contribution in [0, 0.1) is 0 Å². The van der Waals surface area contributed by atoms with Gasteiger partial charge in [0.1, 0.15) is 0 Å². The van der Waals surface area contributed by atoms with Gasteiger partial charge in [-0.2, -0.15) is 0 Å². The third kappa shape index (κ3) is 3.54. The van der Waals surface area contributed by atoms with E-state index in [0.29, 0.717) is 6.54 Å². The molecule has 2 nitrogen and oxygen atoms in total. The van der Waals surface area contributed by atoms with E-state index < -0.39 is 0 Å². The fourth-order valence-corrected chi connectivity index (χ4v) is 1.74. The van der Waals surface area contributed by atoms with E-state index in [0.717, 1.165) is 0 Å². The summed E-state index contributed by atoms with van der Waals surface area (Å²) in [7, 11) is 0. The Morgan fingerprint density at radius 2 is 1.47 bits per heavy atom. The van der Waals surface area contributed by atoms with Crippen LogP contribution in [0.5, 0.6) is 0 Å². The van der Waals surface area contributed by atoms with Crippen LogP contribution in [0.2, 0.25) is 0 Å². The number of isocyanates is 1. The van der Waals surface area contributed by atoms with Crippen LogP contribution >= 0.6 is 0 Å². The van der Waals surface area contributed by atoms with Crippen LogP contribution in [-0.4, -0.2) is 12.6 Å². The van der Waals surface area contributed by atoms with E-state index in [1.54, 1.807) is 6.08 Å². The summed E-state index contributed by atoms with van der Waals surface area (Å²) < 4.78 is 0. The molecule has 0 spiro atoms. The Hall–Kier alpha value is -1.40. The van der Waals surface area contributed by atoms with Crippen LogP contribution in [0.4, 0.5) is 0 Å². The van der Waals surface area contributed by atoms with Crippen molar-refractivity contribution >= 4 is 6.08 Å². The van der Waals surface area contributed by atoms with Gasteiger partial charge in [-0.25, -0.2) is 9.79 Å². The zero-order valence-corrected chi connectivity index (χ0v) is 11.4. The summed E-state index contributed by atoms with van der Waals surface area (Å²) in [5.74, 6) is 0. The standard InChI is InChI=1S/C15H21NO/c1-14(2,3)12-6-8-13(9-7-12)15(4,5)10-16-11-17/h6-9H,10H2,1-5H3. The van der Waals surface area contributed by atoms with Crippen molar-refractivity contribution in [2.45, 2.75) is 45.4 Å². The molecular weight excluding hydrogens is 210 g/mol. The first kappa shape index (κ1) is 13.7. The molecule has 0 fully saturated rings. The smallest absolute Gasteiger partial charge is 0.211 e. The highest BCUT2D eigenvalue weighted by molar-refractivity contribution is 5.35. The Morgan fingerprint density at radius 1 is 1.00 bits per heavy atom. The Labute approximate surface area is 104 Å². The first-order chi connectivity index (χ1) is 7.77. The summed E-state index contributed by atoms with van der Waals surface area (Å²) in [5, 5.41) is 0. The molecule has 0 aliphatic heterocycles. The SMILES string of the molecule is CC(C)(C)c1ccc(C(C)(C)CN=C=O)cc1. The Morgan fingerprint density at radius 3 is 1.88 bits per heavy atom. The summed E-state index contributed by atoms with van der Waals surface area (Å²) in [5.41, 5.74) is 2.57. The van der Waals surface area contributed by atoms with Crippen molar-refractivity contribution in [3.05, 3.63) is 35.4 Å². The van der Waals surface area contributed by atoms with Gasteiger partial charge in [-0.05, 0) is 16.5 Å². The van der Waals surface area contributed by atoms with Crippen molar-refractivity contribution in [1.29, 1.82) is 0 Å². The molecule has 0 radical (unpaired) electrons. The lowest BCUT2D eigenvalue weighted by Crippen LogP contribution is -2.21. The molecule has 0 atom stereocenters. The maximum Gasteiger partial charge on any atom is 0.234 e. The monoisotopic (exact) mass is 231 g/mol. The lowest BCUT2D eigenvalue weighted by molar-refractivity contribution is 0.524. The molecule has 0 amide bonds. The minimum atomic E-state index is -0.117. The molecule has 1 aromatic rings. The summed E-state index contributed by atoms with van der Waals surface area (Å²) in [4.78, 5) is 13.9. The zero-order chi connectivity index (χ0) is 13.1. The van der Waals surface area contributed by atoms with Crippen molar-refractivity contribution in [2.24, 2.45) is 4.99 Å². The van der Waals surface area contributed by atoms with Gasteiger partial charge in [0, 0.05) is 5.41 Å². The minimum absolute atomic E-state index is 0.117. The first-order valence-electron chi connectivity index (χ1n) is 5.92. The van der Waals surface area contributed by atoms with E-state index in [-0.39, 0.29) is 10.8 Å². The molecule has 2 heteroatoms. The summed E-state index contributed by atoms with van der Waals surface area (Å²) in [6.07, 6.45) is 1.60. The Balaban J connectivity index is 2.98. The highest BCUT2D eigenvalue weighted by Crippen LogP contribution is 2.27. The molecule has 0 heterocycles. The zero-order valence-electron chi connectivity index (χ0n) is 11.4. The number of rotatable bonds is 3. The fourth-order valence-electron chi connectivity index (χ4n) is 1.74. The van der Waals surface area contributed by atoms with Crippen LogP contribution in [0.1, 0.15) is 45.7 Å². The van der Waals surface area contributed by atoms with Gasteiger partial charge in [0.2, 0.25) is 6.08 Å². The predicted molar refractivity (Wildman–Crippen MR) is 71.2 cm³/mol. The van der Waals surface area contributed by atoms with E-state index in [9.17, 15) is 4.79 Å². The Bertz CT molecular complexity index is 417. The molecule has 92 valence electrons. The van der Waals surface area contributed by atoms with Gasteiger partial charge in [0.15, 0.2) is 0 Å². The van der Waals surface area contributed by atoms with E-state index in [2.05, 4.69) is 63.9 Å². The van der Waals surface area contributed by atoms with Crippen molar-refractivity contribution < 1.29 is 4.79 Å². The number of benzene rings is 1. The largest absolute Gasteiger partial charge is 0.234 e. The topological polar surface area (TPSA) is 29.4 Å². The second kappa shape index (κ2) is 4.85. The van der Waals surface area contributed by atoms with Gasteiger partial charge in [-0.3, -0.25) is 0 Å². The molecule has 0 bridgehead atoms. The summed E-state index contributed by atoms with van der Waals surface area (Å²) in [6, 6.07) is 8.56. The molecule has 0 aromatic heterocycles. The predicted octanol–water partition coefficient (Wildman–Crippen LogP) is 3.60. The molecule has 0 N–H and O–H groups in total. The van der Waals surface area contributed by atoms with Crippen molar-refractivity contribution in [1.82, 2.24) is 0 Å². The van der Waals surface area contributed by atoms with Gasteiger partial charge in [-0.15, -0.1) is 0 Å². The third-order valence-electron chi connectivity index (χ3n) is 3.07. The maximum atomic E-state index is 10.2. The van der Waals surface area contributed by atoms with E-state index in [4.69, 9.17) is 0 Å². The van der Waals surface area contributed by atoms with Crippen molar-refractivity contribution in [3.63, 3.8) is 0 Å². The van der Waals surface area contributed by atoms with Crippen LogP contribution in [0.15, 0.2) is 29.3 Å². The molecule has 0 unspecified atom stereocenters. The average molecular weight is 231 g/mol. The number of hydrogen-bond acceptors (Lipinski definition) is 2. The van der Waals surface area contributed by atoms with Crippen LogP contribution < -0.4 is 0 Å². The molecule has 0 aliphatic carbocycles. The van der Waals surface area contributed by atoms with Crippen molar-refractivity contribution in [3.8, 4) is 0 Å². The molecular formula is C15H21NO. The van der Waals surface area contributed by atoms with E-state index >= 15 is 0 Å². The highest BCUT2D eigenvalue weighted by Gasteiger charge is 2.21. The summed E-state index contributed by atoms with van der Waals surface area (Å²) >= 11 is 0. The quantitative estimate of drug-likeness (QED) is 0.577. The van der Waals surface area contributed by atoms with Crippen LogP contribution in [-0.2, 0) is 15.6 Å². The maximum absolute atomic E-state index is 10.2. The second-order valence-electron chi connectivity index (χ2n) is 6.12. The minimum Gasteiger partial charge on any atom is -0.211 e. The van der Waals surface area contributed by atoms with E-state index in [1.807, 2.05) is 0 Å². The van der Waals surface area contributed by atoms with Gasteiger partial charge < -0.3 is 0 Å². The number of hydrogen-bond donors (Lipinski definition) is 0. The van der Waals surface area contributed by atoms with Gasteiger partial charge in [-0.1, -0.05) is 58.9 Å². The van der Waals surface area contributed by atoms with E-state index in [1.165, 1.54) is 11.1 Å². The van der Waals surface area contributed by atoms with Gasteiger partial charge in [0.05, 0.1) is 6.54 Å². The lowest BCUT2D eigenvalue weighted by Gasteiger charge is -2.24. The average Bonchev–Trinajstić information content (AvgIpc) is 2.25. The fraction of sp³-hybridized carbons (Fsp3) is 0.533. The highest BCUT2D eigenvalue weighted by atomic mass is 16.1. The van der Waals surface area contributed by atoms with Crippen LogP contribution in [0.3, 0.4) is 0 Å². The Kier molecular flexibility index (Phi) is 3.90. The first-order valence-corrected chi connectivity index (χ1v) is 5.92. The number of nitrogens with zero attached hydrogens (tertiary/aromatic N) is 1. The molecule has 0 aliphatic rings. The molecule has 17 heavy (non-hydrogen) atoms. The lowest BCUT2D eigenvalue weighted by atomic mass is 9.81. The molecule has 0 saturated heterocycles. The van der Waals surface area contributed by atoms with Gasteiger partial charge in [0.25, 0.3) is 0 Å². The molecule has 1 aromatic carbocycles.